The Kier molecular flexibility index (Phi) is 3.29. The van der Waals surface area contributed by atoms with Gasteiger partial charge in [-0.1, -0.05) is 18.6 Å². The monoisotopic (exact) mass is 189 g/mol. The third-order valence-electron chi connectivity index (χ3n) is 2.12. The minimum absolute atomic E-state index is 0.269. The highest BCUT2D eigenvalue weighted by Gasteiger charge is 2.25. The summed E-state index contributed by atoms with van der Waals surface area (Å²) in [6, 6.07) is 0. The van der Waals surface area contributed by atoms with E-state index in [1.54, 1.807) is 12.2 Å². The summed E-state index contributed by atoms with van der Waals surface area (Å²) in [5, 5.41) is -0.269. The van der Waals surface area contributed by atoms with Gasteiger partial charge in [-0.3, -0.25) is 0 Å². The molecule has 0 aromatic rings. The second-order valence-corrected chi connectivity index (χ2v) is 5.40. The van der Waals surface area contributed by atoms with Gasteiger partial charge in [0.1, 0.15) is 0 Å². The van der Waals surface area contributed by atoms with Gasteiger partial charge in [0.05, 0.1) is 11.0 Å². The van der Waals surface area contributed by atoms with Crippen LogP contribution in [0.4, 0.5) is 0 Å². The van der Waals surface area contributed by atoms with E-state index in [0.717, 1.165) is 19.3 Å². The summed E-state index contributed by atoms with van der Waals surface area (Å²) >= 11 is 0. The van der Waals surface area contributed by atoms with Crippen molar-refractivity contribution in [2.45, 2.75) is 24.5 Å². The van der Waals surface area contributed by atoms with E-state index < -0.39 is 9.84 Å². The highest BCUT2D eigenvalue weighted by Crippen LogP contribution is 2.20. The van der Waals surface area contributed by atoms with E-state index in [2.05, 4.69) is 0 Å². The van der Waals surface area contributed by atoms with Crippen LogP contribution in [0.5, 0.6) is 0 Å². The number of hydrogen-bond acceptors (Lipinski definition) is 3. The maximum absolute atomic E-state index is 11.4. The Hall–Kier alpha value is -0.350. The molecule has 1 unspecified atom stereocenters. The predicted octanol–water partition coefficient (Wildman–Crippen LogP) is 0.469. The molecule has 0 aromatic heterocycles. The van der Waals surface area contributed by atoms with Gasteiger partial charge in [0, 0.05) is 6.54 Å². The predicted molar refractivity (Wildman–Crippen MR) is 49.6 cm³/mol. The van der Waals surface area contributed by atoms with E-state index >= 15 is 0 Å². The van der Waals surface area contributed by atoms with Crippen molar-refractivity contribution in [3.63, 3.8) is 0 Å². The highest BCUT2D eigenvalue weighted by atomic mass is 32.2. The molecule has 0 bridgehead atoms. The molecule has 0 aromatic carbocycles. The molecule has 70 valence electrons. The Bertz CT molecular complexity index is 256. The van der Waals surface area contributed by atoms with E-state index in [4.69, 9.17) is 5.73 Å². The van der Waals surface area contributed by atoms with E-state index in [1.807, 2.05) is 0 Å². The minimum Gasteiger partial charge on any atom is -0.327 e. The van der Waals surface area contributed by atoms with Crippen molar-refractivity contribution in [1.29, 1.82) is 0 Å². The van der Waals surface area contributed by atoms with Gasteiger partial charge in [0.25, 0.3) is 0 Å². The molecule has 1 rings (SSSR count). The van der Waals surface area contributed by atoms with Gasteiger partial charge in [-0.05, 0) is 12.8 Å². The molecule has 1 fully saturated rings. The quantitative estimate of drug-likeness (QED) is 0.642. The maximum atomic E-state index is 11.4. The molecule has 0 amide bonds. The second kappa shape index (κ2) is 4.05. The lowest BCUT2D eigenvalue weighted by atomic mass is 10.2. The zero-order chi connectivity index (χ0) is 9.03. The van der Waals surface area contributed by atoms with E-state index in [-0.39, 0.29) is 5.25 Å². The summed E-state index contributed by atoms with van der Waals surface area (Å²) in [5.74, 6) is 0.340. The Balaban J connectivity index is 2.67. The SMILES string of the molecule is NC/C=C\C1CCCCS1(=O)=O. The standard InChI is InChI=1S/C8H15NO2S/c9-6-3-5-8-4-1-2-7-12(8,10)11/h3,5,8H,1-2,4,6-7,9H2/b5-3-. The van der Waals surface area contributed by atoms with Crippen LogP contribution in [-0.4, -0.2) is 26.0 Å². The minimum atomic E-state index is -2.84. The maximum Gasteiger partial charge on any atom is 0.156 e. The number of nitrogens with two attached hydrogens (primary N) is 1. The van der Waals surface area contributed by atoms with Crippen LogP contribution in [-0.2, 0) is 9.84 Å². The van der Waals surface area contributed by atoms with Crippen LogP contribution in [0.3, 0.4) is 0 Å². The lowest BCUT2D eigenvalue weighted by Crippen LogP contribution is -2.26. The van der Waals surface area contributed by atoms with E-state index in [1.165, 1.54) is 0 Å². The van der Waals surface area contributed by atoms with Gasteiger partial charge in [-0.2, -0.15) is 0 Å². The molecule has 1 heterocycles. The zero-order valence-electron chi connectivity index (χ0n) is 7.07. The Morgan fingerprint density at radius 3 is 2.75 bits per heavy atom. The van der Waals surface area contributed by atoms with Crippen molar-refractivity contribution in [2.75, 3.05) is 12.3 Å². The summed E-state index contributed by atoms with van der Waals surface area (Å²) in [7, 11) is -2.84. The van der Waals surface area contributed by atoms with E-state index in [0.29, 0.717) is 12.3 Å². The van der Waals surface area contributed by atoms with Crippen LogP contribution in [0.2, 0.25) is 0 Å². The topological polar surface area (TPSA) is 60.2 Å². The summed E-state index contributed by atoms with van der Waals surface area (Å²) in [4.78, 5) is 0. The first-order valence-electron chi connectivity index (χ1n) is 4.25. The number of hydrogen-bond donors (Lipinski definition) is 1. The van der Waals surface area contributed by atoms with Gasteiger partial charge in [-0.15, -0.1) is 0 Å². The molecule has 1 saturated heterocycles. The van der Waals surface area contributed by atoms with Crippen LogP contribution in [0.15, 0.2) is 12.2 Å². The fraction of sp³-hybridized carbons (Fsp3) is 0.750. The van der Waals surface area contributed by atoms with Crippen LogP contribution in [0.25, 0.3) is 0 Å². The van der Waals surface area contributed by atoms with Gasteiger partial charge in [0.2, 0.25) is 0 Å². The molecule has 0 aliphatic carbocycles. The summed E-state index contributed by atoms with van der Waals surface area (Å²) in [6.07, 6.45) is 6.05. The summed E-state index contributed by atoms with van der Waals surface area (Å²) in [5.41, 5.74) is 5.25. The first kappa shape index (κ1) is 9.74. The first-order valence-corrected chi connectivity index (χ1v) is 5.96. The molecule has 0 spiro atoms. The summed E-state index contributed by atoms with van der Waals surface area (Å²) in [6.45, 7) is 0.423. The second-order valence-electron chi connectivity index (χ2n) is 3.07. The molecule has 12 heavy (non-hydrogen) atoms. The third kappa shape index (κ3) is 2.32. The number of sulfone groups is 1. The largest absolute Gasteiger partial charge is 0.327 e. The average molecular weight is 189 g/mol. The molecule has 0 radical (unpaired) electrons. The fourth-order valence-electron chi connectivity index (χ4n) is 1.43. The third-order valence-corrected chi connectivity index (χ3v) is 4.29. The molecular weight excluding hydrogens is 174 g/mol. The fourth-order valence-corrected chi connectivity index (χ4v) is 3.21. The number of rotatable bonds is 2. The van der Waals surface area contributed by atoms with Crippen molar-refractivity contribution in [3.05, 3.63) is 12.2 Å². The van der Waals surface area contributed by atoms with Crippen molar-refractivity contribution < 1.29 is 8.42 Å². The van der Waals surface area contributed by atoms with Gasteiger partial charge >= 0.3 is 0 Å². The van der Waals surface area contributed by atoms with Crippen molar-refractivity contribution in [1.82, 2.24) is 0 Å². The van der Waals surface area contributed by atoms with Crippen molar-refractivity contribution in [2.24, 2.45) is 5.73 Å². The molecule has 1 atom stereocenters. The van der Waals surface area contributed by atoms with Crippen LogP contribution in [0.1, 0.15) is 19.3 Å². The van der Waals surface area contributed by atoms with Gasteiger partial charge in [0.15, 0.2) is 9.84 Å². The molecular formula is C8H15NO2S. The van der Waals surface area contributed by atoms with Gasteiger partial charge in [-0.25, -0.2) is 8.42 Å². The van der Waals surface area contributed by atoms with Crippen LogP contribution < -0.4 is 5.73 Å². The summed E-state index contributed by atoms with van der Waals surface area (Å²) < 4.78 is 22.8. The molecule has 0 saturated carbocycles. The molecule has 4 heteroatoms. The molecule has 1 aliphatic rings. The molecule has 2 N–H and O–H groups in total. The average Bonchev–Trinajstić information content (AvgIpc) is 2.02. The zero-order valence-corrected chi connectivity index (χ0v) is 7.89. The molecule has 1 aliphatic heterocycles. The van der Waals surface area contributed by atoms with Crippen molar-refractivity contribution in [3.8, 4) is 0 Å². The lowest BCUT2D eigenvalue weighted by Gasteiger charge is -2.18. The smallest absolute Gasteiger partial charge is 0.156 e. The van der Waals surface area contributed by atoms with Crippen molar-refractivity contribution >= 4 is 9.84 Å². The van der Waals surface area contributed by atoms with Crippen LogP contribution >= 0.6 is 0 Å². The molecule has 3 nitrogen and oxygen atoms in total. The van der Waals surface area contributed by atoms with Crippen LogP contribution in [0, 0.1) is 0 Å². The first-order chi connectivity index (χ1) is 5.67. The van der Waals surface area contributed by atoms with Gasteiger partial charge < -0.3 is 5.73 Å². The Morgan fingerprint density at radius 1 is 1.42 bits per heavy atom. The normalized spacial score (nSPS) is 29.2. The Morgan fingerprint density at radius 2 is 2.17 bits per heavy atom. The highest BCUT2D eigenvalue weighted by molar-refractivity contribution is 7.92. The Labute approximate surface area is 73.6 Å². The van der Waals surface area contributed by atoms with E-state index in [9.17, 15) is 8.42 Å². The lowest BCUT2D eigenvalue weighted by molar-refractivity contribution is 0.559.